The van der Waals surface area contributed by atoms with Gasteiger partial charge in [-0.25, -0.2) is 0 Å². The van der Waals surface area contributed by atoms with Crippen LogP contribution in [0.15, 0.2) is 78.9 Å². The fourth-order valence-corrected chi connectivity index (χ4v) is 13.3. The molecule has 16 amide bonds. The number of hydrogen-bond acceptors (Lipinski definition) is 26. The molecular formula is C85H125N17O28. The summed E-state index contributed by atoms with van der Waals surface area (Å²) in [6.45, 7) is 7.49. The summed E-state index contributed by atoms with van der Waals surface area (Å²) in [5.74, 6) is -22.8. The predicted molar refractivity (Wildman–Crippen MR) is 461 cm³/mol. The molecule has 16 atom stereocenters. The molecule has 45 nitrogen and oxygen atoms in total. The Morgan fingerprint density at radius 2 is 0.831 bits per heavy atom. The van der Waals surface area contributed by atoms with E-state index in [1.54, 1.807) is 45.9 Å². The Kier molecular flexibility index (Phi) is 47.4. The zero-order valence-corrected chi connectivity index (χ0v) is 73.6. The predicted octanol–water partition coefficient (Wildman–Crippen LogP) is -5.75. The molecule has 3 aromatic carbocycles. The summed E-state index contributed by atoms with van der Waals surface area (Å²) in [5, 5.41) is 128. The number of aliphatic hydroxyl groups excluding tert-OH is 4. The minimum atomic E-state index is -2.22. The Hall–Kier alpha value is -13.0. The van der Waals surface area contributed by atoms with Crippen molar-refractivity contribution in [1.82, 2.24) is 84.7 Å². The molecule has 0 unspecified atom stereocenters. The molecular weight excluding hydrogens is 1710 g/mol. The number of carbonyl (C=O) groups is 19. The van der Waals surface area contributed by atoms with Crippen molar-refractivity contribution in [1.29, 1.82) is 0 Å². The van der Waals surface area contributed by atoms with Crippen molar-refractivity contribution in [3.8, 4) is 11.5 Å². The van der Waals surface area contributed by atoms with Gasteiger partial charge in [-0.2, -0.15) is 0 Å². The van der Waals surface area contributed by atoms with Crippen LogP contribution in [0.25, 0.3) is 0 Å². The van der Waals surface area contributed by atoms with E-state index in [9.17, 15) is 137 Å². The number of likely N-dealkylation sites (tertiary alicyclic amines) is 1. The maximum Gasteiger partial charge on any atom is 0.305 e. The van der Waals surface area contributed by atoms with Gasteiger partial charge < -0.3 is 136 Å². The minimum absolute atomic E-state index is 0.00907. The number of carbonyl (C=O) groups excluding carboxylic acids is 16. The second-order valence-corrected chi connectivity index (χ2v) is 32.2. The molecule has 3 aromatic rings. The number of phenolic OH excluding ortho intramolecular Hbond substituents is 2. The number of unbranched alkanes of at least 4 members (excludes halogenated alkanes) is 1. The van der Waals surface area contributed by atoms with Crippen molar-refractivity contribution in [2.75, 3.05) is 45.9 Å². The van der Waals surface area contributed by atoms with Crippen molar-refractivity contribution in [3.05, 3.63) is 95.6 Å². The number of aliphatic carboxylic acids is 3. The summed E-state index contributed by atoms with van der Waals surface area (Å²) in [7, 11) is 0. The van der Waals surface area contributed by atoms with Crippen molar-refractivity contribution in [2.24, 2.45) is 17.6 Å². The topological polar surface area (TPSA) is 716 Å². The van der Waals surface area contributed by atoms with E-state index < -0.39 is 261 Å². The molecule has 26 N–H and O–H groups in total. The van der Waals surface area contributed by atoms with Gasteiger partial charge in [0.25, 0.3) is 0 Å². The molecule has 45 heteroatoms. The SMILES string of the molecule is CC[C@H](C)[C@H](NC(=O)[C@H](CO)NC(=O)[C@H](Cc1ccc(O)cc1)NC(=O)[C@H](CC(=O)O)NC(=O)[C@H](CO)NC(=O)[C@@H](NC(=O)[C@H](Cc1ccccc1)NC(=O)[C@@H](NC(=O)CNC(=O)[C@H](CCC(=O)O)NC(=O)CCCNC(=O)CN1CCCCC1=O)[C@@H](C)O)[C@@H](C)O)C(=O)N[C@@H](Cc1ccc(O)cc1)C(=O)N[C@@H](CC(C)C)C(=O)N[C@@H](CC(=O)O)C(=O)N[C@H](C)CCCCN. The molecule has 0 bridgehead atoms. The fraction of sp³-hybridized carbons (Fsp3) is 0.565. The standard InChI is InChI=1S/C85H125N17O28/c1-8-46(4)71(83(128)95-58(38-52-24-28-54(108)29-25-52)77(122)91-56(35-45(2)3)76(121)93-60(39-69(115)116)75(120)89-47(5)17-12-14-32-86)100-82(127)63(44-104)97-78(123)57(37-51-22-26-53(107)27-23-51)92-79(124)61(40-70(117)118)94-81(126)62(43-103)98-85(130)73(49(7)106)101-80(125)59(36-50-18-10-9-11-19-50)96-84(129)72(48(6)105)99-65(110)41-88-74(119)55(30-31-68(113)114)90-64(109)20-16-33-87-66(111)42-102-34-15-13-21-67(102)112/h9-11,18-19,22-29,45-49,55-63,71-73,103-108H,8,12-17,20-21,30-44,86H2,1-7H3,(H,87,111)(H,88,119)(H,89,120)(H,90,109)(H,91,122)(H,92,124)(H,93,121)(H,94,126)(H,95,128)(H,96,129)(H,97,123)(H,98,130)(H,99,110)(H,100,127)(H,101,125)(H,113,114)(H,115,116)(H,117,118)/t46-,47+,48+,49+,55-,56-,57-,58-,59-,60-,61-,62-,63-,71-,72-,73-/m0/s1. The lowest BCUT2D eigenvalue weighted by Gasteiger charge is -2.30. The third-order valence-electron chi connectivity index (χ3n) is 20.7. The van der Waals surface area contributed by atoms with Gasteiger partial charge in [-0.3, -0.25) is 91.1 Å². The molecule has 0 radical (unpaired) electrons. The first-order chi connectivity index (χ1) is 61.4. The maximum atomic E-state index is 14.7. The number of hydrogen-bond donors (Lipinski definition) is 25. The number of aliphatic hydroxyl groups is 4. The monoisotopic (exact) mass is 1830 g/mol. The summed E-state index contributed by atoms with van der Waals surface area (Å²) in [4.78, 5) is 259. The van der Waals surface area contributed by atoms with E-state index >= 15 is 0 Å². The van der Waals surface area contributed by atoms with Crippen LogP contribution in [0.4, 0.5) is 0 Å². The van der Waals surface area contributed by atoms with Crippen molar-refractivity contribution < 1.29 is 137 Å². The van der Waals surface area contributed by atoms with E-state index in [-0.39, 0.29) is 74.1 Å². The Bertz CT molecular complexity index is 4330. The molecule has 0 aromatic heterocycles. The third-order valence-corrected chi connectivity index (χ3v) is 20.7. The average molecular weight is 1830 g/mol. The molecule has 1 aliphatic rings. The van der Waals surface area contributed by atoms with Crippen LogP contribution in [0.3, 0.4) is 0 Å². The number of benzene rings is 3. The van der Waals surface area contributed by atoms with E-state index in [2.05, 4.69) is 79.8 Å². The first-order valence-corrected chi connectivity index (χ1v) is 42.7. The first kappa shape index (κ1) is 109. The number of phenols is 2. The Labute approximate surface area is 750 Å². The van der Waals surface area contributed by atoms with E-state index in [0.29, 0.717) is 49.9 Å². The van der Waals surface area contributed by atoms with Gasteiger partial charge in [-0.05, 0) is 125 Å². The number of rotatable bonds is 58. The van der Waals surface area contributed by atoms with Crippen LogP contribution in [0.5, 0.6) is 11.5 Å². The number of aromatic hydroxyl groups is 2. The van der Waals surface area contributed by atoms with E-state index in [0.717, 1.165) is 26.7 Å². The highest BCUT2D eigenvalue weighted by atomic mass is 16.4. The second-order valence-electron chi connectivity index (χ2n) is 32.2. The lowest BCUT2D eigenvalue weighted by Crippen LogP contribution is -2.63. The summed E-state index contributed by atoms with van der Waals surface area (Å²) in [6.07, 6.45) is -4.70. The van der Waals surface area contributed by atoms with Gasteiger partial charge in [-0.15, -0.1) is 0 Å². The number of amides is 16. The highest BCUT2D eigenvalue weighted by Crippen LogP contribution is 2.19. The molecule has 1 heterocycles. The molecule has 4 rings (SSSR count). The molecule has 0 saturated carbocycles. The minimum Gasteiger partial charge on any atom is -0.508 e. The Morgan fingerprint density at radius 1 is 0.408 bits per heavy atom. The van der Waals surface area contributed by atoms with Gasteiger partial charge in [0.1, 0.15) is 84.0 Å². The average Bonchev–Trinajstić information content (AvgIpc) is 0.838. The molecule has 130 heavy (non-hydrogen) atoms. The number of piperidine rings is 1. The quantitative estimate of drug-likeness (QED) is 0.0234. The largest absolute Gasteiger partial charge is 0.508 e. The Morgan fingerprint density at radius 3 is 1.31 bits per heavy atom. The number of carboxylic acid groups (broad SMARTS) is 3. The molecule has 0 aliphatic carbocycles. The molecule has 1 aliphatic heterocycles. The van der Waals surface area contributed by atoms with Crippen LogP contribution >= 0.6 is 0 Å². The Balaban J connectivity index is 1.53. The molecule has 1 saturated heterocycles. The van der Waals surface area contributed by atoms with Gasteiger partial charge in [-0.1, -0.05) is 95.1 Å². The van der Waals surface area contributed by atoms with Gasteiger partial charge >= 0.3 is 17.9 Å². The third kappa shape index (κ3) is 39.7. The number of nitrogens with zero attached hydrogens (tertiary/aromatic N) is 1. The van der Waals surface area contributed by atoms with Gasteiger partial charge in [0.2, 0.25) is 94.5 Å². The highest BCUT2D eigenvalue weighted by molar-refractivity contribution is 6.01. The van der Waals surface area contributed by atoms with Crippen molar-refractivity contribution >= 4 is 112 Å². The summed E-state index contributed by atoms with van der Waals surface area (Å²) >= 11 is 0. The molecule has 0 spiro atoms. The lowest BCUT2D eigenvalue weighted by molar-refractivity contribution is -0.142. The fourth-order valence-electron chi connectivity index (χ4n) is 13.3. The zero-order valence-electron chi connectivity index (χ0n) is 73.6. The van der Waals surface area contributed by atoms with Gasteiger partial charge in [0.15, 0.2) is 0 Å². The van der Waals surface area contributed by atoms with E-state index in [4.69, 9.17) is 5.73 Å². The summed E-state index contributed by atoms with van der Waals surface area (Å²) < 4.78 is 0. The smallest absolute Gasteiger partial charge is 0.305 e. The van der Waals surface area contributed by atoms with Crippen molar-refractivity contribution in [2.45, 2.75) is 248 Å². The zero-order chi connectivity index (χ0) is 97.0. The van der Waals surface area contributed by atoms with Crippen LogP contribution in [-0.2, 0) is 110 Å². The first-order valence-electron chi connectivity index (χ1n) is 42.7. The molecule has 718 valence electrons. The maximum absolute atomic E-state index is 14.7. The van der Waals surface area contributed by atoms with E-state index in [1.807, 2.05) is 0 Å². The van der Waals surface area contributed by atoms with Gasteiger partial charge in [0, 0.05) is 57.7 Å². The summed E-state index contributed by atoms with van der Waals surface area (Å²) in [5.41, 5.74) is 6.50. The molecule has 1 fully saturated rings. The van der Waals surface area contributed by atoms with Crippen molar-refractivity contribution in [3.63, 3.8) is 0 Å². The second kappa shape index (κ2) is 56.3. The van der Waals surface area contributed by atoms with Gasteiger partial charge in [0.05, 0.1) is 51.4 Å². The highest BCUT2D eigenvalue weighted by Gasteiger charge is 2.40. The van der Waals surface area contributed by atoms with Crippen LogP contribution in [0, 0.1) is 11.8 Å². The van der Waals surface area contributed by atoms with Crippen LogP contribution < -0.4 is 85.5 Å². The number of carboxylic acids is 3. The summed E-state index contributed by atoms with van der Waals surface area (Å²) in [6, 6.07) is -4.19. The normalized spacial score (nSPS) is 15.5. The number of nitrogens with one attached hydrogen (secondary N) is 15. The van der Waals surface area contributed by atoms with E-state index in [1.165, 1.54) is 72.5 Å². The van der Waals surface area contributed by atoms with Crippen LogP contribution in [0.2, 0.25) is 0 Å². The van der Waals surface area contributed by atoms with Crippen LogP contribution in [-0.4, -0.2) is 300 Å². The number of nitrogens with two attached hydrogens (primary N) is 1. The lowest BCUT2D eigenvalue weighted by atomic mass is 9.96. The van der Waals surface area contributed by atoms with Crippen LogP contribution in [0.1, 0.15) is 155 Å².